The minimum atomic E-state index is -0.485. The summed E-state index contributed by atoms with van der Waals surface area (Å²) in [6, 6.07) is 12.8. The van der Waals surface area contributed by atoms with Crippen molar-refractivity contribution in [2.24, 2.45) is 5.92 Å². The van der Waals surface area contributed by atoms with Gasteiger partial charge < -0.3 is 9.64 Å². The maximum atomic E-state index is 14.2. The molecule has 0 spiro atoms. The number of rotatable bonds is 5. The molecule has 0 radical (unpaired) electrons. The van der Waals surface area contributed by atoms with Gasteiger partial charge in [-0.25, -0.2) is 4.39 Å². The molecule has 3 aromatic rings. The number of amides is 1. The summed E-state index contributed by atoms with van der Waals surface area (Å²) in [5, 5.41) is 6.93. The van der Waals surface area contributed by atoms with Gasteiger partial charge in [-0.3, -0.25) is 19.7 Å². The maximum absolute atomic E-state index is 14.2. The van der Waals surface area contributed by atoms with E-state index in [0.29, 0.717) is 35.5 Å². The standard InChI is InChI=1S/C25H25FN4O3/c1-15-9-20(21(26)13-27-15)22-12-23(29-28-22)24(31)30-18-7-8-19(30)11-17(10-18)25(32)33-14-16-5-3-2-4-6-16/h2-6,9,12-13,17-19H,7-8,10-11,14H2,1H3,(H,28,29)/t17?,18-,19+. The van der Waals surface area contributed by atoms with Crippen LogP contribution in [0, 0.1) is 18.7 Å². The molecule has 0 aliphatic carbocycles. The topological polar surface area (TPSA) is 88.2 Å². The van der Waals surface area contributed by atoms with Crippen molar-refractivity contribution < 1.29 is 18.7 Å². The van der Waals surface area contributed by atoms with Gasteiger partial charge >= 0.3 is 5.97 Å². The van der Waals surface area contributed by atoms with E-state index in [-0.39, 0.29) is 36.5 Å². The molecule has 2 fully saturated rings. The number of hydrogen-bond acceptors (Lipinski definition) is 5. The normalized spacial score (nSPS) is 21.8. The Bertz CT molecular complexity index is 1170. The first-order chi connectivity index (χ1) is 16.0. The molecule has 1 aromatic carbocycles. The van der Waals surface area contributed by atoms with Gasteiger partial charge in [0, 0.05) is 23.3 Å². The highest BCUT2D eigenvalue weighted by atomic mass is 19.1. The van der Waals surface area contributed by atoms with Crippen LogP contribution in [0.2, 0.25) is 0 Å². The first-order valence-electron chi connectivity index (χ1n) is 11.2. The van der Waals surface area contributed by atoms with Crippen molar-refractivity contribution in [3.05, 3.63) is 71.4 Å². The zero-order valence-corrected chi connectivity index (χ0v) is 18.3. The monoisotopic (exact) mass is 448 g/mol. The molecule has 1 N–H and O–H groups in total. The number of ether oxygens (including phenoxy) is 1. The van der Waals surface area contributed by atoms with E-state index in [1.54, 1.807) is 19.1 Å². The predicted molar refractivity (Wildman–Crippen MR) is 118 cm³/mol. The number of hydrogen-bond donors (Lipinski definition) is 1. The summed E-state index contributed by atoms with van der Waals surface area (Å²) in [7, 11) is 0. The third-order valence-electron chi connectivity index (χ3n) is 6.60. The quantitative estimate of drug-likeness (QED) is 0.595. The van der Waals surface area contributed by atoms with Gasteiger partial charge in [-0.1, -0.05) is 30.3 Å². The molecule has 2 bridgehead atoms. The summed E-state index contributed by atoms with van der Waals surface area (Å²) < 4.78 is 19.7. The van der Waals surface area contributed by atoms with Gasteiger partial charge in [0.25, 0.3) is 5.91 Å². The van der Waals surface area contributed by atoms with Gasteiger partial charge in [0.2, 0.25) is 0 Å². The molecule has 170 valence electrons. The molecule has 2 aliphatic heterocycles. The zero-order chi connectivity index (χ0) is 22.9. The van der Waals surface area contributed by atoms with E-state index >= 15 is 0 Å². The van der Waals surface area contributed by atoms with Crippen molar-refractivity contribution in [2.75, 3.05) is 0 Å². The van der Waals surface area contributed by atoms with Crippen molar-refractivity contribution >= 4 is 11.9 Å². The van der Waals surface area contributed by atoms with Gasteiger partial charge in [-0.2, -0.15) is 5.10 Å². The van der Waals surface area contributed by atoms with Crippen LogP contribution in [0.1, 0.15) is 47.4 Å². The Hall–Kier alpha value is -3.55. The first kappa shape index (κ1) is 21.3. The largest absolute Gasteiger partial charge is 0.461 e. The van der Waals surface area contributed by atoms with Gasteiger partial charge in [0.05, 0.1) is 17.8 Å². The smallest absolute Gasteiger partial charge is 0.309 e. The van der Waals surface area contributed by atoms with Crippen LogP contribution in [0.25, 0.3) is 11.3 Å². The summed E-state index contributed by atoms with van der Waals surface area (Å²) in [4.78, 5) is 31.8. The highest BCUT2D eigenvalue weighted by molar-refractivity contribution is 5.94. The predicted octanol–water partition coefficient (Wildman–Crippen LogP) is 4.05. The van der Waals surface area contributed by atoms with E-state index in [4.69, 9.17) is 4.74 Å². The Morgan fingerprint density at radius 3 is 2.61 bits per heavy atom. The Morgan fingerprint density at radius 2 is 1.88 bits per heavy atom. The van der Waals surface area contributed by atoms with E-state index in [9.17, 15) is 14.0 Å². The molecule has 33 heavy (non-hydrogen) atoms. The van der Waals surface area contributed by atoms with Crippen LogP contribution in [0.3, 0.4) is 0 Å². The molecule has 1 unspecified atom stereocenters. The molecular weight excluding hydrogens is 423 g/mol. The van der Waals surface area contributed by atoms with Crippen LogP contribution >= 0.6 is 0 Å². The van der Waals surface area contributed by atoms with E-state index in [0.717, 1.165) is 24.6 Å². The van der Waals surface area contributed by atoms with Crippen molar-refractivity contribution in [1.82, 2.24) is 20.1 Å². The number of aryl methyl sites for hydroxylation is 1. The van der Waals surface area contributed by atoms with Crippen LogP contribution in [0.5, 0.6) is 0 Å². The highest BCUT2D eigenvalue weighted by Crippen LogP contribution is 2.40. The summed E-state index contributed by atoms with van der Waals surface area (Å²) in [6.45, 7) is 2.03. The number of benzene rings is 1. The minimum absolute atomic E-state index is 0.0165. The maximum Gasteiger partial charge on any atom is 0.309 e. The number of esters is 1. The van der Waals surface area contributed by atoms with E-state index in [1.807, 2.05) is 35.2 Å². The first-order valence-corrected chi connectivity index (χ1v) is 11.2. The van der Waals surface area contributed by atoms with Crippen molar-refractivity contribution in [3.8, 4) is 11.3 Å². The second kappa shape index (κ2) is 8.77. The fourth-order valence-electron chi connectivity index (χ4n) is 5.00. The lowest BCUT2D eigenvalue weighted by atomic mass is 9.90. The molecule has 5 rings (SSSR count). The molecular formula is C25H25FN4O3. The van der Waals surface area contributed by atoms with E-state index in [2.05, 4.69) is 15.2 Å². The van der Waals surface area contributed by atoms with E-state index < -0.39 is 5.82 Å². The minimum Gasteiger partial charge on any atom is -0.461 e. The van der Waals surface area contributed by atoms with Crippen LogP contribution in [-0.4, -0.2) is 44.0 Å². The SMILES string of the molecule is Cc1cc(-c2cc(C(=O)N3[C@@H]4CC[C@H]3CC(C(=O)OCc3ccccc3)C4)[nH]n2)c(F)cn1. The lowest BCUT2D eigenvalue weighted by Crippen LogP contribution is -2.48. The number of carbonyl (C=O) groups is 2. The van der Waals surface area contributed by atoms with E-state index in [1.165, 1.54) is 0 Å². The Labute approximate surface area is 191 Å². The number of halogens is 1. The third-order valence-corrected chi connectivity index (χ3v) is 6.60. The summed E-state index contributed by atoms with van der Waals surface area (Å²) in [6.07, 6.45) is 4.06. The molecule has 8 heteroatoms. The van der Waals surface area contributed by atoms with Crippen LogP contribution in [0.4, 0.5) is 4.39 Å². The summed E-state index contributed by atoms with van der Waals surface area (Å²) in [5.41, 5.74) is 2.62. The van der Waals surface area contributed by atoms with Gasteiger partial charge in [0.15, 0.2) is 5.82 Å². The number of nitrogens with zero attached hydrogens (tertiary/aromatic N) is 3. The zero-order valence-electron chi connectivity index (χ0n) is 18.3. The van der Waals surface area contributed by atoms with Crippen LogP contribution in [-0.2, 0) is 16.1 Å². The van der Waals surface area contributed by atoms with Gasteiger partial charge in [-0.15, -0.1) is 0 Å². The Kier molecular flexibility index (Phi) is 5.66. The number of fused-ring (bicyclic) bond motifs is 2. The van der Waals surface area contributed by atoms with Gasteiger partial charge in [-0.05, 0) is 50.3 Å². The molecule has 2 aliphatic rings. The second-order valence-electron chi connectivity index (χ2n) is 8.83. The Morgan fingerprint density at radius 1 is 1.15 bits per heavy atom. The molecule has 1 amide bonds. The van der Waals surface area contributed by atoms with Crippen molar-refractivity contribution in [2.45, 2.75) is 51.3 Å². The number of carbonyl (C=O) groups excluding carboxylic acids is 2. The molecule has 3 atom stereocenters. The fraction of sp³-hybridized carbons (Fsp3) is 0.360. The number of piperidine rings is 1. The molecule has 4 heterocycles. The average molecular weight is 448 g/mol. The number of nitrogens with one attached hydrogen (secondary N) is 1. The van der Waals surface area contributed by atoms with Crippen LogP contribution < -0.4 is 0 Å². The molecule has 7 nitrogen and oxygen atoms in total. The number of aromatic amines is 1. The second-order valence-corrected chi connectivity index (χ2v) is 8.83. The number of H-pyrrole nitrogens is 1. The van der Waals surface area contributed by atoms with Crippen molar-refractivity contribution in [3.63, 3.8) is 0 Å². The van der Waals surface area contributed by atoms with Crippen molar-refractivity contribution in [1.29, 1.82) is 0 Å². The average Bonchev–Trinajstić information content (AvgIpc) is 3.42. The summed E-state index contributed by atoms with van der Waals surface area (Å²) in [5.74, 6) is -1.05. The fourth-order valence-corrected chi connectivity index (χ4v) is 5.00. The molecule has 0 saturated carbocycles. The lowest BCUT2D eigenvalue weighted by Gasteiger charge is -2.37. The molecule has 2 aromatic heterocycles. The number of aromatic nitrogens is 3. The molecule has 2 saturated heterocycles. The highest BCUT2D eigenvalue weighted by Gasteiger charge is 2.46. The van der Waals surface area contributed by atoms with Gasteiger partial charge in [0.1, 0.15) is 12.3 Å². The number of pyridine rings is 1. The lowest BCUT2D eigenvalue weighted by molar-refractivity contribution is -0.152. The van der Waals surface area contributed by atoms with Crippen LogP contribution in [0.15, 0.2) is 48.7 Å². The third kappa shape index (κ3) is 4.25. The Balaban J connectivity index is 1.25. The summed E-state index contributed by atoms with van der Waals surface area (Å²) >= 11 is 0.